The van der Waals surface area contributed by atoms with Gasteiger partial charge >= 0.3 is 0 Å². The molecule has 0 spiro atoms. The van der Waals surface area contributed by atoms with Crippen molar-refractivity contribution in [2.24, 2.45) is 0 Å². The van der Waals surface area contributed by atoms with E-state index in [-0.39, 0.29) is 0 Å². The molecule has 0 N–H and O–H groups in total. The number of rotatable bonds is 12. The van der Waals surface area contributed by atoms with Crippen molar-refractivity contribution in [1.82, 2.24) is 64.8 Å². The Labute approximate surface area is 700 Å². The van der Waals surface area contributed by atoms with Crippen molar-refractivity contribution in [1.29, 1.82) is 0 Å². The van der Waals surface area contributed by atoms with Crippen molar-refractivity contribution in [3.8, 4) is 102 Å². The highest BCUT2D eigenvalue weighted by molar-refractivity contribution is 7.85. The highest BCUT2D eigenvalue weighted by Crippen LogP contribution is 2.44. The van der Waals surface area contributed by atoms with Crippen LogP contribution in [0.25, 0.3) is 200 Å². The maximum absolute atomic E-state index is 14.7. The molecule has 572 valence electrons. The van der Waals surface area contributed by atoms with Crippen molar-refractivity contribution in [3.05, 3.63) is 413 Å². The number of benzene rings is 15. The van der Waals surface area contributed by atoms with Gasteiger partial charge in [-0.3, -0.25) is 0 Å². The average Bonchev–Trinajstić information content (AvgIpc) is 0.746. The summed E-state index contributed by atoms with van der Waals surface area (Å²) in [6, 6.07) is 126. The largest absolute Gasteiger partial charge is 0.309 e. The molecule has 0 saturated carbocycles. The van der Waals surface area contributed by atoms with Crippen molar-refractivity contribution in [3.63, 3.8) is 0 Å². The quantitative estimate of drug-likeness (QED) is 0.0831. The molecule has 0 bridgehead atoms. The normalized spacial score (nSPS) is 11.5. The molecule has 15 heteroatoms. The summed E-state index contributed by atoms with van der Waals surface area (Å²) in [5, 5.41) is 19.0. The summed E-state index contributed by atoms with van der Waals surface area (Å²) in [4.78, 5) is 63.5. The van der Waals surface area contributed by atoms with Crippen LogP contribution in [0.1, 0.15) is 0 Å². The van der Waals surface area contributed by atoms with Crippen LogP contribution in [0, 0.1) is 0 Å². The van der Waals surface area contributed by atoms with E-state index in [1.165, 1.54) is 32.3 Å². The first-order valence-corrected chi connectivity index (χ1v) is 41.9. The number of nitrogens with zero attached hydrogens (tertiary/aromatic N) is 13. The third-order valence-electron chi connectivity index (χ3n) is 22.2. The smallest absolute Gasteiger partial charge is 0.178 e. The number of pyridine rings is 3. The molecule has 0 amide bonds. The molecule has 0 aliphatic carbocycles. The van der Waals surface area contributed by atoms with Gasteiger partial charge in [0.15, 0.2) is 36.3 Å². The van der Waals surface area contributed by atoms with E-state index in [0.29, 0.717) is 40.1 Å². The van der Waals surface area contributed by atoms with Crippen molar-refractivity contribution in [2.45, 2.75) is 0 Å². The number of hydrogen-bond acceptors (Lipinski definition) is 14. The van der Waals surface area contributed by atoms with Gasteiger partial charge in [0.2, 0.25) is 0 Å². The van der Waals surface area contributed by atoms with E-state index in [9.17, 15) is 4.57 Å². The topological polar surface area (TPSA) is 185 Å². The van der Waals surface area contributed by atoms with Gasteiger partial charge in [-0.05, 0) is 62.6 Å². The van der Waals surface area contributed by atoms with E-state index in [4.69, 9.17) is 64.8 Å². The molecule has 0 aliphatic heterocycles. The molecule has 0 saturated heterocycles. The van der Waals surface area contributed by atoms with Gasteiger partial charge in [0.25, 0.3) is 0 Å². The minimum absolute atomic E-state index is 0.507. The zero-order chi connectivity index (χ0) is 81.3. The Morgan fingerprint density at radius 2 is 0.443 bits per heavy atom. The number of para-hydroxylation sites is 3. The highest BCUT2D eigenvalue weighted by atomic mass is 31.2. The number of hydrogen-bond donors (Lipinski definition) is 0. The third-order valence-corrected chi connectivity index (χ3v) is 25.2. The number of aromatic nitrogens is 13. The molecule has 14 nitrogen and oxygen atoms in total. The van der Waals surface area contributed by atoms with Crippen LogP contribution in [0.2, 0.25) is 0 Å². The molecular weight excluding hydrogens is 1510 g/mol. The van der Waals surface area contributed by atoms with Crippen molar-refractivity contribution >= 4 is 120 Å². The van der Waals surface area contributed by atoms with Gasteiger partial charge in [-0.15, -0.1) is 0 Å². The van der Waals surface area contributed by atoms with Crippen LogP contribution in [0.3, 0.4) is 0 Å². The van der Waals surface area contributed by atoms with E-state index < -0.39 is 7.14 Å². The molecule has 0 radical (unpaired) electrons. The zero-order valence-corrected chi connectivity index (χ0v) is 66.3. The van der Waals surface area contributed by atoms with Crippen molar-refractivity contribution in [2.75, 3.05) is 0 Å². The van der Waals surface area contributed by atoms with Gasteiger partial charge < -0.3 is 4.57 Å². The first-order valence-electron chi connectivity index (χ1n) is 40.2. The maximum Gasteiger partial charge on any atom is 0.178 e. The van der Waals surface area contributed by atoms with Crippen LogP contribution in [0.4, 0.5) is 0 Å². The molecule has 23 aromatic rings. The summed E-state index contributed by atoms with van der Waals surface area (Å²) in [6.45, 7) is 0. The summed E-state index contributed by atoms with van der Waals surface area (Å²) in [7, 11) is -3.15. The van der Waals surface area contributed by atoms with Gasteiger partial charge in [-0.2, -0.15) is 0 Å². The second kappa shape index (κ2) is 32.0. The lowest BCUT2D eigenvalue weighted by atomic mass is 9.97. The van der Waals surface area contributed by atoms with Crippen LogP contribution >= 0.6 is 7.14 Å². The average molecular weight is 1580 g/mol. The molecule has 0 fully saturated rings. The Balaban J connectivity index is 0.000000113. The van der Waals surface area contributed by atoms with Gasteiger partial charge in [0, 0.05) is 124 Å². The van der Waals surface area contributed by atoms with E-state index >= 15 is 0 Å². The summed E-state index contributed by atoms with van der Waals surface area (Å²) < 4.78 is 14.7. The van der Waals surface area contributed by atoms with Crippen LogP contribution < -0.4 is 15.9 Å². The van der Waals surface area contributed by atoms with Gasteiger partial charge in [0.05, 0.1) is 50.2 Å². The minimum atomic E-state index is -3.15. The fourth-order valence-corrected chi connectivity index (χ4v) is 18.8. The van der Waals surface area contributed by atoms with Gasteiger partial charge in [-0.1, -0.05) is 346 Å². The molecule has 23 rings (SSSR count). The second-order valence-electron chi connectivity index (χ2n) is 29.6. The van der Waals surface area contributed by atoms with E-state index in [2.05, 4.69) is 176 Å². The fraction of sp³-hybridized carbons (Fsp3) is 0. The summed E-state index contributed by atoms with van der Waals surface area (Å²) >= 11 is 0. The van der Waals surface area contributed by atoms with Gasteiger partial charge in [-0.25, -0.2) is 64.8 Å². The monoisotopic (exact) mass is 1580 g/mol. The number of fused-ring (bicyclic) bond motifs is 15. The summed E-state index contributed by atoms with van der Waals surface area (Å²) in [5.41, 5.74) is 13.8. The van der Waals surface area contributed by atoms with E-state index in [1.54, 1.807) is 24.8 Å². The molecule has 8 heterocycles. The third kappa shape index (κ3) is 13.9. The Kier molecular flexibility index (Phi) is 19.2. The Bertz CT molecular complexity index is 7420. The van der Waals surface area contributed by atoms with Crippen LogP contribution in [0.15, 0.2) is 413 Å². The fourth-order valence-electron chi connectivity index (χ4n) is 16.3. The van der Waals surface area contributed by atoms with E-state index in [1.807, 2.05) is 213 Å². The maximum atomic E-state index is 14.7. The predicted molar refractivity (Wildman–Crippen MR) is 497 cm³/mol. The van der Waals surface area contributed by atoms with Crippen molar-refractivity contribution < 1.29 is 4.57 Å². The van der Waals surface area contributed by atoms with Crippen LogP contribution in [-0.4, -0.2) is 64.8 Å². The molecule has 0 unspecified atom stereocenters. The second-order valence-corrected chi connectivity index (χ2v) is 32.4. The van der Waals surface area contributed by atoms with Gasteiger partial charge in [0.1, 0.15) is 17.1 Å². The lowest BCUT2D eigenvalue weighted by Gasteiger charge is -2.19. The standard InChI is InChI=1S/2C37H23N5.C33H22N3OP/c1-3-12-25(13-4-1)32-21-33(42-36(41-32)26-14-5-2-6-15-26)27-22-38-37(39-23-27)35-30-20-19-24-11-7-8-16-28(24)34(30)29-17-9-10-18-31(29)40-35;1-3-12-25(13-4-1)32-21-33(26-14-5-2-6-15-26)42-36(41-32)27-22-38-37(39-23-27)35-30-20-19-24-11-7-8-16-28(24)34(30)29-17-9-10-18-31(29)40-35;37-38(24-12-3-1-4-13-24,25-14-5-2-6-15-25)26-21-34-33(35-22-26)32-29-20-19-23-11-7-8-16-27(23)31(29)28-17-9-10-18-30(28)36-32/h2*1-23H;1-22H. The Morgan fingerprint density at radius 3 is 0.787 bits per heavy atom. The van der Waals surface area contributed by atoms with E-state index in [0.717, 1.165) is 143 Å². The summed E-state index contributed by atoms with van der Waals surface area (Å²) in [5.74, 6) is 2.87. The minimum Gasteiger partial charge on any atom is -0.309 e. The predicted octanol–water partition coefficient (Wildman–Crippen LogP) is 24.2. The lowest BCUT2D eigenvalue weighted by molar-refractivity contribution is 0.592. The molecule has 8 aromatic heterocycles. The SMILES string of the molecule is O=P(c1ccccc1)(c1ccccc1)c1cnc(-c2nc3ccccc3c3c2ccc2ccccc23)nc1.c1ccc(-c2cc(-c3ccccc3)nc(-c3cnc(-c4nc5ccccc5c5c4ccc4ccccc45)nc3)n2)cc1.c1ccc(-c2cc(-c3cnc(-c4nc5ccccc5c5c4ccc4ccccc45)nc3)nc(-c3ccccc3)n2)cc1. The molecule has 15 aromatic carbocycles. The first kappa shape index (κ1) is 73.4. The zero-order valence-electron chi connectivity index (χ0n) is 65.4. The highest BCUT2D eigenvalue weighted by Gasteiger charge is 2.31. The first-order chi connectivity index (χ1) is 60.4. The molecule has 0 atom stereocenters. The molecular formula is C107H68N13OP. The van der Waals surface area contributed by atoms with Crippen LogP contribution in [0.5, 0.6) is 0 Å². The lowest BCUT2D eigenvalue weighted by Crippen LogP contribution is -2.25. The molecule has 122 heavy (non-hydrogen) atoms. The molecule has 0 aliphatic rings. The Hall–Kier alpha value is -16.3. The van der Waals surface area contributed by atoms with Crippen LogP contribution in [-0.2, 0) is 4.57 Å². The Morgan fingerprint density at radius 1 is 0.180 bits per heavy atom. The summed E-state index contributed by atoms with van der Waals surface area (Å²) in [6.07, 6.45) is 10.7.